The standard InChI is InChI=1S/C25H35F3O6S/c1-16(2)34-23(32)11-6-4-3-5-10-20-21(30)13-22(31)24(20)35-15-18(29)14-33-19-9-7-8-17(12-19)25(26,27)28/h3-4,7-9,12,16,18,20-22,24,29-31H,5-6,10-11,13-15H2,1-2H3/b4-3-/t18-,20-,21-,22+,24+/m0/s1. The Morgan fingerprint density at radius 3 is 2.60 bits per heavy atom. The van der Waals surface area contributed by atoms with Crippen molar-refractivity contribution in [3.8, 4) is 5.75 Å². The van der Waals surface area contributed by atoms with Gasteiger partial charge in [-0.2, -0.15) is 24.9 Å². The second kappa shape index (κ2) is 14.1. The fraction of sp³-hybridized carbons (Fsp3) is 0.640. The van der Waals surface area contributed by atoms with Gasteiger partial charge in [0.1, 0.15) is 12.4 Å². The molecule has 1 aliphatic rings. The van der Waals surface area contributed by atoms with E-state index in [2.05, 4.69) is 0 Å². The van der Waals surface area contributed by atoms with Gasteiger partial charge in [-0.3, -0.25) is 4.79 Å². The van der Waals surface area contributed by atoms with E-state index in [1.165, 1.54) is 23.9 Å². The number of aliphatic hydroxyl groups excluding tert-OH is 3. The van der Waals surface area contributed by atoms with Crippen molar-refractivity contribution in [2.24, 2.45) is 5.92 Å². The second-order valence-corrected chi connectivity index (χ2v) is 10.2. The number of thioether (sulfide) groups is 1. The number of carbonyl (C=O) groups is 1. The number of rotatable bonds is 13. The first-order valence-corrected chi connectivity index (χ1v) is 12.8. The number of alkyl halides is 3. The molecule has 0 heterocycles. The van der Waals surface area contributed by atoms with Crippen LogP contribution in [0.5, 0.6) is 5.75 Å². The number of hydrogen-bond acceptors (Lipinski definition) is 7. The van der Waals surface area contributed by atoms with Crippen LogP contribution in [0.4, 0.5) is 13.2 Å². The van der Waals surface area contributed by atoms with Crippen LogP contribution in [0, 0.1) is 5.92 Å². The third kappa shape index (κ3) is 10.4. The van der Waals surface area contributed by atoms with Gasteiger partial charge in [-0.05, 0) is 57.2 Å². The minimum atomic E-state index is -4.48. The Balaban J connectivity index is 1.75. The summed E-state index contributed by atoms with van der Waals surface area (Å²) in [5.41, 5.74) is -0.825. The lowest BCUT2D eigenvalue weighted by atomic mass is 9.99. The van der Waals surface area contributed by atoms with Crippen LogP contribution in [0.1, 0.15) is 51.5 Å². The second-order valence-electron chi connectivity index (χ2n) is 8.95. The largest absolute Gasteiger partial charge is 0.491 e. The molecule has 0 amide bonds. The number of hydrogen-bond donors (Lipinski definition) is 3. The summed E-state index contributed by atoms with van der Waals surface area (Å²) in [5, 5.41) is 30.7. The molecule has 1 fully saturated rings. The molecule has 1 aromatic rings. The molecule has 0 aromatic heterocycles. The normalized spacial score (nSPS) is 23.7. The predicted octanol–water partition coefficient (Wildman–Crippen LogP) is 4.36. The van der Waals surface area contributed by atoms with Crippen LogP contribution in [0.15, 0.2) is 36.4 Å². The zero-order valence-corrected chi connectivity index (χ0v) is 20.8. The molecule has 3 N–H and O–H groups in total. The smallest absolute Gasteiger partial charge is 0.416 e. The molecule has 0 spiro atoms. The van der Waals surface area contributed by atoms with Gasteiger partial charge in [-0.25, -0.2) is 0 Å². The Kier molecular flexibility index (Phi) is 11.9. The van der Waals surface area contributed by atoms with Gasteiger partial charge in [-0.1, -0.05) is 18.2 Å². The molecular weight excluding hydrogens is 485 g/mol. The van der Waals surface area contributed by atoms with E-state index in [1.54, 1.807) is 13.8 Å². The first-order chi connectivity index (χ1) is 16.5. The molecule has 0 aliphatic heterocycles. The lowest BCUT2D eigenvalue weighted by Gasteiger charge is -2.24. The van der Waals surface area contributed by atoms with Gasteiger partial charge < -0.3 is 24.8 Å². The Hall–Kier alpha value is -1.75. The number of benzene rings is 1. The predicted molar refractivity (Wildman–Crippen MR) is 128 cm³/mol. The summed E-state index contributed by atoms with van der Waals surface area (Å²) in [6.07, 6.45) is -0.659. The summed E-state index contributed by atoms with van der Waals surface area (Å²) in [6.45, 7) is 3.41. The van der Waals surface area contributed by atoms with Crippen molar-refractivity contribution in [2.45, 2.75) is 81.8 Å². The molecule has 2 rings (SSSR count). The summed E-state index contributed by atoms with van der Waals surface area (Å²) >= 11 is 1.33. The van der Waals surface area contributed by atoms with E-state index in [9.17, 15) is 33.3 Å². The molecule has 198 valence electrons. The van der Waals surface area contributed by atoms with Crippen molar-refractivity contribution < 1.29 is 42.8 Å². The molecule has 6 nitrogen and oxygen atoms in total. The van der Waals surface area contributed by atoms with Gasteiger partial charge in [0.2, 0.25) is 0 Å². The molecule has 0 saturated heterocycles. The molecule has 1 aromatic carbocycles. The van der Waals surface area contributed by atoms with Crippen molar-refractivity contribution in [3.05, 3.63) is 42.0 Å². The highest BCUT2D eigenvalue weighted by Gasteiger charge is 2.41. The van der Waals surface area contributed by atoms with E-state index in [0.29, 0.717) is 25.7 Å². The molecule has 1 saturated carbocycles. The minimum Gasteiger partial charge on any atom is -0.491 e. The highest BCUT2D eigenvalue weighted by molar-refractivity contribution is 8.00. The fourth-order valence-corrected chi connectivity index (χ4v) is 5.36. The van der Waals surface area contributed by atoms with Crippen LogP contribution < -0.4 is 4.74 Å². The lowest BCUT2D eigenvalue weighted by Crippen LogP contribution is -2.28. The molecule has 0 bridgehead atoms. The Morgan fingerprint density at radius 1 is 1.20 bits per heavy atom. The van der Waals surface area contributed by atoms with Crippen LogP contribution >= 0.6 is 11.8 Å². The van der Waals surface area contributed by atoms with Crippen molar-refractivity contribution in [1.82, 2.24) is 0 Å². The monoisotopic (exact) mass is 520 g/mol. The van der Waals surface area contributed by atoms with E-state index < -0.39 is 30.1 Å². The summed E-state index contributed by atoms with van der Waals surface area (Å²) in [6, 6.07) is 4.46. The third-order valence-corrected chi connectivity index (χ3v) is 7.20. The Labute approximate surface area is 208 Å². The Morgan fingerprint density at radius 2 is 1.91 bits per heavy atom. The molecule has 35 heavy (non-hydrogen) atoms. The van der Waals surface area contributed by atoms with Crippen molar-refractivity contribution >= 4 is 17.7 Å². The molecule has 0 unspecified atom stereocenters. The first-order valence-electron chi connectivity index (χ1n) is 11.8. The van der Waals surface area contributed by atoms with Gasteiger partial charge >= 0.3 is 12.1 Å². The van der Waals surface area contributed by atoms with Gasteiger partial charge in [0.15, 0.2) is 0 Å². The number of esters is 1. The zero-order valence-electron chi connectivity index (χ0n) is 20.0. The summed E-state index contributed by atoms with van der Waals surface area (Å²) in [5.74, 6) is -0.187. The maximum absolute atomic E-state index is 12.8. The minimum absolute atomic E-state index is 0.0160. The quantitative estimate of drug-likeness (QED) is 0.263. The van der Waals surface area contributed by atoms with Gasteiger partial charge in [0.25, 0.3) is 0 Å². The highest BCUT2D eigenvalue weighted by Crippen LogP contribution is 2.39. The zero-order chi connectivity index (χ0) is 26.0. The van der Waals surface area contributed by atoms with Crippen molar-refractivity contribution in [3.63, 3.8) is 0 Å². The number of aliphatic hydroxyl groups is 3. The number of carbonyl (C=O) groups excluding carboxylic acids is 1. The van der Waals surface area contributed by atoms with Crippen LogP contribution in [-0.4, -0.2) is 63.3 Å². The molecule has 0 radical (unpaired) electrons. The number of halogens is 3. The molecule has 1 aliphatic carbocycles. The maximum Gasteiger partial charge on any atom is 0.416 e. The molecular formula is C25H35F3O6S. The topological polar surface area (TPSA) is 96.2 Å². The SMILES string of the molecule is CC(C)OC(=O)CC/C=C\CC[C@@H]1[C@@H](SC[C@@H](O)COc2cccc(C(F)(F)F)c2)[C@H](O)C[C@@H]1O. The number of allylic oxidation sites excluding steroid dienone is 2. The van der Waals surface area contributed by atoms with E-state index in [1.807, 2.05) is 12.2 Å². The number of ether oxygens (including phenoxy) is 2. The van der Waals surface area contributed by atoms with E-state index >= 15 is 0 Å². The Bertz CT molecular complexity index is 817. The third-order valence-electron chi connectivity index (χ3n) is 5.58. The summed E-state index contributed by atoms with van der Waals surface area (Å²) in [4.78, 5) is 11.5. The van der Waals surface area contributed by atoms with Crippen LogP contribution in [0.2, 0.25) is 0 Å². The van der Waals surface area contributed by atoms with Crippen molar-refractivity contribution in [1.29, 1.82) is 0 Å². The van der Waals surface area contributed by atoms with Crippen LogP contribution in [-0.2, 0) is 15.7 Å². The van der Waals surface area contributed by atoms with Gasteiger partial charge in [0, 0.05) is 23.8 Å². The summed E-state index contributed by atoms with van der Waals surface area (Å²) < 4.78 is 48.8. The van der Waals surface area contributed by atoms with E-state index in [-0.39, 0.29) is 47.8 Å². The molecule has 5 atom stereocenters. The van der Waals surface area contributed by atoms with Gasteiger partial charge in [0.05, 0.1) is 30.0 Å². The van der Waals surface area contributed by atoms with E-state index in [4.69, 9.17) is 9.47 Å². The highest BCUT2D eigenvalue weighted by atomic mass is 32.2. The van der Waals surface area contributed by atoms with E-state index in [0.717, 1.165) is 12.1 Å². The van der Waals surface area contributed by atoms with Crippen LogP contribution in [0.25, 0.3) is 0 Å². The lowest BCUT2D eigenvalue weighted by molar-refractivity contribution is -0.147. The average molecular weight is 521 g/mol. The molecule has 10 heteroatoms. The van der Waals surface area contributed by atoms with Gasteiger partial charge in [-0.15, -0.1) is 0 Å². The van der Waals surface area contributed by atoms with Crippen molar-refractivity contribution in [2.75, 3.05) is 12.4 Å². The first kappa shape index (κ1) is 29.5. The maximum atomic E-state index is 12.8. The average Bonchev–Trinajstić information content (AvgIpc) is 3.04. The summed E-state index contributed by atoms with van der Waals surface area (Å²) in [7, 11) is 0. The van der Waals surface area contributed by atoms with Crippen LogP contribution in [0.3, 0.4) is 0 Å². The fourth-order valence-electron chi connectivity index (χ4n) is 3.92.